The molecule has 0 amide bonds. The number of nitrogens with zero attached hydrogens (tertiary/aromatic N) is 1. The van der Waals surface area contributed by atoms with Gasteiger partial charge in [0.15, 0.2) is 0 Å². The molecule has 2 rings (SSSR count). The molecule has 1 atom stereocenters. The Morgan fingerprint density at radius 2 is 2.00 bits per heavy atom. The number of ether oxygens (including phenoxy) is 1. The van der Waals surface area contributed by atoms with Crippen LogP contribution in [0.15, 0.2) is 46.9 Å². The molecule has 21 heavy (non-hydrogen) atoms. The lowest BCUT2D eigenvalue weighted by Crippen LogP contribution is -2.09. The fraction of sp³-hybridized carbons (Fsp3) is 0.200. The molecule has 0 saturated heterocycles. The van der Waals surface area contributed by atoms with E-state index in [1.807, 2.05) is 31.2 Å². The first-order chi connectivity index (χ1) is 10.0. The van der Waals surface area contributed by atoms with Gasteiger partial charge in [-0.15, -0.1) is 0 Å². The zero-order valence-electron chi connectivity index (χ0n) is 11.7. The Balaban J connectivity index is 2.31. The minimum atomic E-state index is -0.419. The van der Waals surface area contributed by atoms with Crippen molar-refractivity contribution in [3.8, 4) is 5.75 Å². The van der Waals surface area contributed by atoms with E-state index in [9.17, 15) is 10.1 Å². The fourth-order valence-corrected chi connectivity index (χ4v) is 2.68. The lowest BCUT2D eigenvalue weighted by atomic mass is 10.1. The number of anilines is 1. The molecule has 1 unspecified atom stereocenters. The predicted molar refractivity (Wildman–Crippen MR) is 85.8 cm³/mol. The fourth-order valence-electron chi connectivity index (χ4n) is 2.05. The highest BCUT2D eigenvalue weighted by Crippen LogP contribution is 2.33. The number of rotatable bonds is 5. The maximum absolute atomic E-state index is 11.2. The zero-order valence-corrected chi connectivity index (χ0v) is 13.3. The van der Waals surface area contributed by atoms with Crippen molar-refractivity contribution in [2.45, 2.75) is 13.0 Å². The number of hydrogen-bond donors (Lipinski definition) is 1. The molecule has 110 valence electrons. The van der Waals surface area contributed by atoms with E-state index in [4.69, 9.17) is 4.74 Å². The maximum Gasteiger partial charge on any atom is 0.296 e. The molecular formula is C15H15BrN2O3. The van der Waals surface area contributed by atoms with E-state index in [2.05, 4.69) is 21.2 Å². The van der Waals surface area contributed by atoms with Gasteiger partial charge in [0.2, 0.25) is 0 Å². The van der Waals surface area contributed by atoms with Crippen LogP contribution in [0, 0.1) is 10.1 Å². The Morgan fingerprint density at radius 1 is 1.29 bits per heavy atom. The first-order valence-corrected chi connectivity index (χ1v) is 7.15. The molecule has 0 aliphatic rings. The molecule has 0 bridgehead atoms. The summed E-state index contributed by atoms with van der Waals surface area (Å²) in [6.45, 7) is 1.95. The first kappa shape index (κ1) is 15.3. The van der Waals surface area contributed by atoms with Crippen molar-refractivity contribution in [3.63, 3.8) is 0 Å². The molecule has 0 fully saturated rings. The van der Waals surface area contributed by atoms with Crippen molar-refractivity contribution in [1.29, 1.82) is 0 Å². The summed E-state index contributed by atoms with van der Waals surface area (Å²) in [5.74, 6) is 0.459. The topological polar surface area (TPSA) is 64.4 Å². The number of methoxy groups -OCH3 is 1. The number of benzene rings is 2. The van der Waals surface area contributed by atoms with Crippen LogP contribution >= 0.6 is 15.9 Å². The number of nitro benzene ring substituents is 1. The van der Waals surface area contributed by atoms with Crippen LogP contribution < -0.4 is 10.1 Å². The molecule has 0 aliphatic heterocycles. The summed E-state index contributed by atoms with van der Waals surface area (Å²) in [7, 11) is 1.48. The number of hydrogen-bond acceptors (Lipinski definition) is 4. The van der Waals surface area contributed by atoms with Gasteiger partial charge in [-0.1, -0.05) is 34.1 Å². The Bertz CT molecular complexity index is 661. The van der Waals surface area contributed by atoms with Gasteiger partial charge in [-0.3, -0.25) is 10.1 Å². The van der Waals surface area contributed by atoms with Crippen molar-refractivity contribution >= 4 is 27.3 Å². The van der Waals surface area contributed by atoms with E-state index in [0.717, 1.165) is 10.0 Å². The van der Waals surface area contributed by atoms with Crippen LogP contribution in [0.1, 0.15) is 18.5 Å². The molecule has 0 saturated carbocycles. The maximum atomic E-state index is 11.2. The highest BCUT2D eigenvalue weighted by Gasteiger charge is 2.18. The molecular weight excluding hydrogens is 336 g/mol. The average Bonchev–Trinajstić information content (AvgIpc) is 2.47. The largest absolute Gasteiger partial charge is 0.496 e. The minimum Gasteiger partial charge on any atom is -0.496 e. The van der Waals surface area contributed by atoms with E-state index < -0.39 is 4.92 Å². The molecule has 0 aliphatic carbocycles. The van der Waals surface area contributed by atoms with Gasteiger partial charge >= 0.3 is 0 Å². The quantitative estimate of drug-likeness (QED) is 0.635. The van der Waals surface area contributed by atoms with Gasteiger partial charge in [0.1, 0.15) is 11.4 Å². The second kappa shape index (κ2) is 6.58. The van der Waals surface area contributed by atoms with Gasteiger partial charge in [-0.05, 0) is 30.7 Å². The lowest BCUT2D eigenvalue weighted by molar-refractivity contribution is -0.384. The van der Waals surface area contributed by atoms with Crippen molar-refractivity contribution in [2.24, 2.45) is 0 Å². The van der Waals surface area contributed by atoms with Crippen molar-refractivity contribution in [1.82, 2.24) is 0 Å². The molecule has 0 aromatic heterocycles. The first-order valence-electron chi connectivity index (χ1n) is 6.36. The van der Waals surface area contributed by atoms with Gasteiger partial charge < -0.3 is 10.1 Å². The monoisotopic (exact) mass is 350 g/mol. The molecule has 2 aromatic rings. The summed E-state index contributed by atoms with van der Waals surface area (Å²) in [5, 5.41) is 14.3. The molecule has 0 spiro atoms. The summed E-state index contributed by atoms with van der Waals surface area (Å²) < 4.78 is 5.99. The highest BCUT2D eigenvalue weighted by molar-refractivity contribution is 9.10. The van der Waals surface area contributed by atoms with Crippen molar-refractivity contribution < 1.29 is 9.66 Å². The summed E-state index contributed by atoms with van der Waals surface area (Å²) in [6, 6.07) is 12.5. The summed E-state index contributed by atoms with van der Waals surface area (Å²) in [5.41, 5.74) is 1.49. The zero-order chi connectivity index (χ0) is 15.4. The smallest absolute Gasteiger partial charge is 0.296 e. The second-order valence-electron chi connectivity index (χ2n) is 4.53. The lowest BCUT2D eigenvalue weighted by Gasteiger charge is -2.17. The Kier molecular flexibility index (Phi) is 4.80. The normalized spacial score (nSPS) is 11.8. The van der Waals surface area contributed by atoms with Gasteiger partial charge in [0.05, 0.1) is 18.1 Å². The number of nitrogens with one attached hydrogen (secondary N) is 1. The minimum absolute atomic E-state index is 0.00625. The average molecular weight is 351 g/mol. The van der Waals surface area contributed by atoms with Crippen LogP contribution in [0.25, 0.3) is 0 Å². The standard InChI is InChI=1S/C15H15BrN2O3/c1-10(12-5-3-4-6-13(12)16)17-14-8-7-11(21-2)9-15(14)18(19)20/h3-10,17H,1-2H3. The van der Waals surface area contributed by atoms with Crippen LogP contribution in [0.2, 0.25) is 0 Å². The van der Waals surface area contributed by atoms with Crippen LogP contribution in [0.3, 0.4) is 0 Å². The molecule has 0 heterocycles. The third kappa shape index (κ3) is 3.52. The second-order valence-corrected chi connectivity index (χ2v) is 5.38. The number of nitro groups is 1. The summed E-state index contributed by atoms with van der Waals surface area (Å²) in [4.78, 5) is 10.8. The van der Waals surface area contributed by atoms with Crippen molar-refractivity contribution in [3.05, 3.63) is 62.6 Å². The van der Waals surface area contributed by atoms with E-state index in [1.54, 1.807) is 12.1 Å². The van der Waals surface area contributed by atoms with E-state index >= 15 is 0 Å². The van der Waals surface area contributed by atoms with Crippen LogP contribution in [0.5, 0.6) is 5.75 Å². The molecule has 1 N–H and O–H groups in total. The van der Waals surface area contributed by atoms with Crippen molar-refractivity contribution in [2.75, 3.05) is 12.4 Å². The van der Waals surface area contributed by atoms with Crippen LogP contribution in [-0.2, 0) is 0 Å². The summed E-state index contributed by atoms with van der Waals surface area (Å²) in [6.07, 6.45) is 0. The van der Waals surface area contributed by atoms with Gasteiger partial charge in [0.25, 0.3) is 5.69 Å². The molecule has 0 radical (unpaired) electrons. The Labute approximate surface area is 131 Å². The van der Waals surface area contributed by atoms with Crippen LogP contribution in [0.4, 0.5) is 11.4 Å². The third-order valence-electron chi connectivity index (χ3n) is 3.15. The third-order valence-corrected chi connectivity index (χ3v) is 3.87. The molecule has 2 aromatic carbocycles. The van der Waals surface area contributed by atoms with Crippen LogP contribution in [-0.4, -0.2) is 12.0 Å². The molecule has 5 nitrogen and oxygen atoms in total. The van der Waals surface area contributed by atoms with E-state index in [0.29, 0.717) is 11.4 Å². The highest BCUT2D eigenvalue weighted by atomic mass is 79.9. The SMILES string of the molecule is COc1ccc(NC(C)c2ccccc2Br)c([N+](=O)[O-])c1. The van der Waals surface area contributed by atoms with E-state index in [-0.39, 0.29) is 11.7 Å². The number of halogens is 1. The Hall–Kier alpha value is -2.08. The summed E-state index contributed by atoms with van der Waals surface area (Å²) >= 11 is 3.49. The predicted octanol–water partition coefficient (Wildman–Crippen LogP) is 4.54. The van der Waals surface area contributed by atoms with Gasteiger partial charge in [-0.25, -0.2) is 0 Å². The Morgan fingerprint density at radius 3 is 2.62 bits per heavy atom. The van der Waals surface area contributed by atoms with Gasteiger partial charge in [-0.2, -0.15) is 0 Å². The molecule has 6 heteroatoms. The van der Waals surface area contributed by atoms with Gasteiger partial charge in [0, 0.05) is 10.5 Å². The van der Waals surface area contributed by atoms with E-state index in [1.165, 1.54) is 13.2 Å².